The van der Waals surface area contributed by atoms with E-state index in [1.165, 1.54) is 11.3 Å². The number of benzene rings is 1. The van der Waals surface area contributed by atoms with Gasteiger partial charge in [-0.1, -0.05) is 11.3 Å². The van der Waals surface area contributed by atoms with Crippen LogP contribution in [0.25, 0.3) is 10.3 Å². The lowest BCUT2D eigenvalue weighted by Gasteiger charge is -2.21. The molecule has 0 radical (unpaired) electrons. The SMILES string of the molecule is O=C(CCC(=O)N1CCCN(c2nc3cccnc3s2)CC1)Nc1ccc(F)cc1F. The zero-order chi connectivity index (χ0) is 21.8. The molecule has 0 bridgehead atoms. The lowest BCUT2D eigenvalue weighted by Crippen LogP contribution is -2.35. The van der Waals surface area contributed by atoms with Crippen molar-refractivity contribution in [2.45, 2.75) is 19.3 Å². The highest BCUT2D eigenvalue weighted by Gasteiger charge is 2.22. The highest BCUT2D eigenvalue weighted by Crippen LogP contribution is 2.27. The Morgan fingerprint density at radius 2 is 1.97 bits per heavy atom. The summed E-state index contributed by atoms with van der Waals surface area (Å²) in [5.41, 5.74) is 0.762. The Morgan fingerprint density at radius 1 is 1.10 bits per heavy atom. The van der Waals surface area contributed by atoms with Crippen molar-refractivity contribution in [2.75, 3.05) is 36.4 Å². The first kappa shape index (κ1) is 21.1. The molecular weight excluding hydrogens is 424 g/mol. The predicted octanol–water partition coefficient (Wildman–Crippen LogP) is 3.43. The van der Waals surface area contributed by atoms with Gasteiger partial charge in [-0.15, -0.1) is 0 Å². The zero-order valence-corrected chi connectivity index (χ0v) is 17.5. The Kier molecular flexibility index (Phi) is 6.36. The molecule has 0 atom stereocenters. The van der Waals surface area contributed by atoms with Gasteiger partial charge in [0.25, 0.3) is 0 Å². The number of fused-ring (bicyclic) bond motifs is 1. The average Bonchev–Trinajstić information content (AvgIpc) is 3.03. The molecule has 3 heterocycles. The monoisotopic (exact) mass is 445 g/mol. The number of pyridine rings is 1. The van der Waals surface area contributed by atoms with Gasteiger partial charge in [-0.05, 0) is 30.7 Å². The minimum Gasteiger partial charge on any atom is -0.346 e. The number of aromatic nitrogens is 2. The second-order valence-corrected chi connectivity index (χ2v) is 8.17. The van der Waals surface area contributed by atoms with Crippen LogP contribution in [0.1, 0.15) is 19.3 Å². The summed E-state index contributed by atoms with van der Waals surface area (Å²) in [5, 5.41) is 3.27. The Bertz CT molecular complexity index is 1070. The third-order valence-electron chi connectivity index (χ3n) is 5.05. The number of hydrogen-bond acceptors (Lipinski definition) is 6. The van der Waals surface area contributed by atoms with Crippen LogP contribution in [0.4, 0.5) is 19.6 Å². The zero-order valence-electron chi connectivity index (χ0n) is 16.7. The van der Waals surface area contributed by atoms with Gasteiger partial charge in [0, 0.05) is 51.3 Å². The summed E-state index contributed by atoms with van der Waals surface area (Å²) >= 11 is 1.53. The second kappa shape index (κ2) is 9.34. The highest BCUT2D eigenvalue weighted by atomic mass is 32.1. The normalized spacial score (nSPS) is 14.5. The van der Waals surface area contributed by atoms with Gasteiger partial charge in [0.05, 0.1) is 5.69 Å². The molecule has 7 nitrogen and oxygen atoms in total. The van der Waals surface area contributed by atoms with Gasteiger partial charge in [0.15, 0.2) is 5.13 Å². The van der Waals surface area contributed by atoms with Crippen LogP contribution >= 0.6 is 11.3 Å². The summed E-state index contributed by atoms with van der Waals surface area (Å²) in [6.45, 7) is 2.58. The smallest absolute Gasteiger partial charge is 0.224 e. The Morgan fingerprint density at radius 3 is 2.77 bits per heavy atom. The lowest BCUT2D eigenvalue weighted by molar-refractivity contribution is -0.132. The average molecular weight is 445 g/mol. The molecule has 1 fully saturated rings. The summed E-state index contributed by atoms with van der Waals surface area (Å²) < 4.78 is 26.6. The molecule has 1 N–H and O–H groups in total. The van der Waals surface area contributed by atoms with Crippen molar-refractivity contribution in [2.24, 2.45) is 0 Å². The van der Waals surface area contributed by atoms with E-state index in [9.17, 15) is 18.4 Å². The number of nitrogens with one attached hydrogen (secondary N) is 1. The van der Waals surface area contributed by atoms with E-state index in [-0.39, 0.29) is 24.4 Å². The molecule has 1 saturated heterocycles. The molecule has 2 amide bonds. The molecule has 1 aromatic carbocycles. The Balaban J connectivity index is 1.28. The number of rotatable bonds is 5. The molecule has 0 saturated carbocycles. The molecular formula is C21H21F2N5O2S. The van der Waals surface area contributed by atoms with Gasteiger partial charge in [-0.3, -0.25) is 9.59 Å². The molecule has 4 rings (SSSR count). The highest BCUT2D eigenvalue weighted by molar-refractivity contribution is 7.21. The van der Waals surface area contributed by atoms with Gasteiger partial charge >= 0.3 is 0 Å². The first-order valence-corrected chi connectivity index (χ1v) is 10.8. The van der Waals surface area contributed by atoms with E-state index < -0.39 is 17.5 Å². The minimum atomic E-state index is -0.850. The summed E-state index contributed by atoms with van der Waals surface area (Å²) in [5.74, 6) is -2.18. The number of nitrogens with zero attached hydrogens (tertiary/aromatic N) is 4. The fourth-order valence-electron chi connectivity index (χ4n) is 3.43. The summed E-state index contributed by atoms with van der Waals surface area (Å²) in [6, 6.07) is 6.71. The van der Waals surface area contributed by atoms with Crippen molar-refractivity contribution >= 4 is 44.3 Å². The molecule has 31 heavy (non-hydrogen) atoms. The van der Waals surface area contributed by atoms with Crippen molar-refractivity contribution in [3.8, 4) is 0 Å². The first-order valence-electron chi connectivity index (χ1n) is 9.99. The van der Waals surface area contributed by atoms with E-state index in [1.54, 1.807) is 11.1 Å². The summed E-state index contributed by atoms with van der Waals surface area (Å²) in [4.78, 5) is 38.4. The van der Waals surface area contributed by atoms with Crippen LogP contribution in [0.5, 0.6) is 0 Å². The molecule has 0 unspecified atom stereocenters. The van der Waals surface area contributed by atoms with Crippen LogP contribution in [-0.2, 0) is 9.59 Å². The van der Waals surface area contributed by atoms with E-state index in [2.05, 4.69) is 20.2 Å². The topological polar surface area (TPSA) is 78.4 Å². The third-order valence-corrected chi connectivity index (χ3v) is 6.09. The lowest BCUT2D eigenvalue weighted by atomic mass is 10.2. The molecule has 10 heteroatoms. The van der Waals surface area contributed by atoms with Gasteiger partial charge in [0.1, 0.15) is 22.0 Å². The second-order valence-electron chi connectivity index (χ2n) is 7.22. The fourth-order valence-corrected chi connectivity index (χ4v) is 4.39. The van der Waals surface area contributed by atoms with Crippen LogP contribution in [-0.4, -0.2) is 52.9 Å². The number of anilines is 2. The number of carbonyl (C=O) groups is 2. The molecule has 2 aromatic heterocycles. The number of halogens is 2. The van der Waals surface area contributed by atoms with Crippen LogP contribution in [0.2, 0.25) is 0 Å². The van der Waals surface area contributed by atoms with Gasteiger partial charge < -0.3 is 15.1 Å². The van der Waals surface area contributed by atoms with Gasteiger partial charge in [0.2, 0.25) is 11.8 Å². The minimum absolute atomic E-state index is 0.0275. The van der Waals surface area contributed by atoms with Crippen LogP contribution in [0.15, 0.2) is 36.5 Å². The largest absolute Gasteiger partial charge is 0.346 e. The maximum atomic E-state index is 13.6. The molecule has 0 aliphatic carbocycles. The van der Waals surface area contributed by atoms with E-state index in [0.29, 0.717) is 25.7 Å². The number of amides is 2. The summed E-state index contributed by atoms with van der Waals surface area (Å²) in [7, 11) is 0. The predicted molar refractivity (Wildman–Crippen MR) is 115 cm³/mol. The van der Waals surface area contributed by atoms with E-state index in [1.807, 2.05) is 12.1 Å². The molecule has 162 valence electrons. The molecule has 1 aliphatic heterocycles. The van der Waals surface area contributed by atoms with Gasteiger partial charge in [-0.2, -0.15) is 0 Å². The quantitative estimate of drug-likeness (QED) is 0.651. The summed E-state index contributed by atoms with van der Waals surface area (Å²) in [6.07, 6.45) is 2.49. The van der Waals surface area contributed by atoms with Gasteiger partial charge in [-0.25, -0.2) is 18.7 Å². The Hall–Kier alpha value is -3.14. The maximum absolute atomic E-state index is 13.6. The van der Waals surface area contributed by atoms with Crippen molar-refractivity contribution in [3.05, 3.63) is 48.2 Å². The van der Waals surface area contributed by atoms with Crippen molar-refractivity contribution in [3.63, 3.8) is 0 Å². The van der Waals surface area contributed by atoms with Crippen molar-refractivity contribution in [1.29, 1.82) is 0 Å². The molecule has 0 spiro atoms. The van der Waals surface area contributed by atoms with Crippen molar-refractivity contribution < 1.29 is 18.4 Å². The Labute approximate surface area is 181 Å². The molecule has 1 aliphatic rings. The number of hydrogen-bond donors (Lipinski definition) is 1. The molecule has 3 aromatic rings. The fraction of sp³-hybridized carbons (Fsp3) is 0.333. The first-order chi connectivity index (χ1) is 15.0. The number of carbonyl (C=O) groups excluding carboxylic acids is 2. The van der Waals surface area contributed by atoms with E-state index in [0.717, 1.165) is 40.6 Å². The maximum Gasteiger partial charge on any atom is 0.224 e. The standard InChI is InChI=1S/C21H21F2N5O2S/c22-14-4-5-16(15(23)13-14)25-18(29)6-7-19(30)27-9-2-10-28(12-11-27)21-26-17-3-1-8-24-20(17)31-21/h1,3-5,8,13H,2,6-7,9-12H2,(H,25,29). The van der Waals surface area contributed by atoms with E-state index >= 15 is 0 Å². The number of thiazole rings is 1. The van der Waals surface area contributed by atoms with Crippen LogP contribution < -0.4 is 10.2 Å². The van der Waals surface area contributed by atoms with Crippen molar-refractivity contribution in [1.82, 2.24) is 14.9 Å². The van der Waals surface area contributed by atoms with E-state index in [4.69, 9.17) is 0 Å². The third kappa shape index (κ3) is 5.13. The van der Waals surface area contributed by atoms with Crippen LogP contribution in [0.3, 0.4) is 0 Å². The van der Waals surface area contributed by atoms with Crippen LogP contribution in [0, 0.1) is 11.6 Å².